The number of hydrogen-bond acceptors (Lipinski definition) is 5. The normalized spacial score (nSPS) is 24.7. The molecule has 252 valence electrons. The molecule has 2 aromatic carbocycles. The summed E-state index contributed by atoms with van der Waals surface area (Å²) in [5.41, 5.74) is 8.86. The Hall–Kier alpha value is -4.05. The lowest BCUT2D eigenvalue weighted by Gasteiger charge is -2.53. The molecule has 0 radical (unpaired) electrons. The number of hydrogen-bond donors (Lipinski definition) is 6. The molecule has 0 spiro atoms. The highest BCUT2D eigenvalue weighted by atomic mass is 16.6. The molecule has 1 aromatic heterocycles. The van der Waals surface area contributed by atoms with Gasteiger partial charge in [0.2, 0.25) is 5.91 Å². The molecule has 10 nitrogen and oxygen atoms in total. The lowest BCUT2D eigenvalue weighted by molar-refractivity contribution is -0.127. The molecule has 4 amide bonds. The number of nitrogens with one attached hydrogen (secondary N) is 5. The Morgan fingerprint density at radius 2 is 1.66 bits per heavy atom. The zero-order chi connectivity index (χ0) is 33.0. The van der Waals surface area contributed by atoms with Gasteiger partial charge in [0, 0.05) is 48.3 Å². The SMILES string of the molecule is Cc1ccccc1NC(=O)NCCCC[C@@H](N)CNC(=O)[C@@](C)(Cc1c[nH]c2ccccc12)NC(=O)OC1C2CC3CC(C2)CC1C3. The van der Waals surface area contributed by atoms with E-state index in [1.54, 1.807) is 6.92 Å². The number of alkyl carbamates (subject to hydrolysis) is 1. The average Bonchev–Trinajstić information content (AvgIpc) is 3.44. The first-order chi connectivity index (χ1) is 22.7. The molecular formula is C37H50N6O4. The quantitative estimate of drug-likeness (QED) is 0.131. The minimum Gasteiger partial charge on any atom is -0.446 e. The van der Waals surface area contributed by atoms with E-state index in [0.29, 0.717) is 31.2 Å². The van der Waals surface area contributed by atoms with Crippen LogP contribution in [0.25, 0.3) is 10.9 Å². The molecule has 0 saturated heterocycles. The first-order valence-electron chi connectivity index (χ1n) is 17.3. The fourth-order valence-corrected chi connectivity index (χ4v) is 8.42. The van der Waals surface area contributed by atoms with Crippen molar-refractivity contribution in [3.8, 4) is 0 Å². The fourth-order valence-electron chi connectivity index (χ4n) is 8.42. The number of carbonyl (C=O) groups excluding carboxylic acids is 3. The smallest absolute Gasteiger partial charge is 0.408 e. The number of rotatable bonds is 13. The van der Waals surface area contributed by atoms with Gasteiger partial charge in [-0.25, -0.2) is 9.59 Å². The van der Waals surface area contributed by atoms with E-state index < -0.39 is 11.6 Å². The number of H-pyrrole nitrogens is 1. The third kappa shape index (κ3) is 7.92. The largest absolute Gasteiger partial charge is 0.446 e. The molecule has 4 aliphatic rings. The van der Waals surface area contributed by atoms with Gasteiger partial charge in [-0.2, -0.15) is 0 Å². The fraction of sp³-hybridized carbons (Fsp3) is 0.541. The van der Waals surface area contributed by atoms with E-state index in [1.807, 2.05) is 61.7 Å². The Labute approximate surface area is 277 Å². The summed E-state index contributed by atoms with van der Waals surface area (Å²) in [7, 11) is 0. The standard InChI is InChI=1S/C37H50N6O4/c1-23-9-3-5-12-31(23)42-35(45)39-14-8-7-10-29(38)22-41-34(44)37(2,20-28-21-40-32-13-6-4-11-30(28)32)43-36(46)47-33-26-16-24-15-25(18-26)19-27(33)17-24/h3-6,9,11-13,21,24-27,29,33,40H,7-8,10,14-20,22,38H2,1-2H3,(H,41,44)(H,43,46)(H2,39,42,45)/t24?,25?,26?,27?,29-,33?,37-/m1/s1. The maximum absolute atomic E-state index is 13.8. The van der Waals surface area contributed by atoms with Crippen LogP contribution in [-0.4, -0.2) is 53.8 Å². The van der Waals surface area contributed by atoms with Crippen LogP contribution in [0.3, 0.4) is 0 Å². The van der Waals surface area contributed by atoms with Crippen molar-refractivity contribution >= 4 is 34.6 Å². The number of benzene rings is 2. The molecule has 47 heavy (non-hydrogen) atoms. The monoisotopic (exact) mass is 642 g/mol. The second kappa shape index (κ2) is 14.4. The van der Waals surface area contributed by atoms with Crippen LogP contribution in [0.1, 0.15) is 69.4 Å². The predicted octanol–water partition coefficient (Wildman–Crippen LogP) is 5.76. The van der Waals surface area contributed by atoms with E-state index in [-0.39, 0.29) is 30.6 Å². The van der Waals surface area contributed by atoms with Gasteiger partial charge in [0.15, 0.2) is 0 Å². The third-order valence-electron chi connectivity index (χ3n) is 10.7. The number of anilines is 1. The zero-order valence-corrected chi connectivity index (χ0v) is 27.6. The summed E-state index contributed by atoms with van der Waals surface area (Å²) >= 11 is 0. The van der Waals surface area contributed by atoms with Crippen molar-refractivity contribution in [1.82, 2.24) is 20.9 Å². The molecule has 0 aliphatic heterocycles. The number of nitrogens with two attached hydrogens (primary N) is 1. The number of para-hydroxylation sites is 2. The maximum atomic E-state index is 13.8. The van der Waals surface area contributed by atoms with Crippen molar-refractivity contribution in [3.63, 3.8) is 0 Å². The van der Waals surface area contributed by atoms with E-state index in [9.17, 15) is 14.4 Å². The number of aryl methyl sites for hydroxylation is 1. The van der Waals surface area contributed by atoms with Crippen LogP contribution < -0.4 is 27.0 Å². The van der Waals surface area contributed by atoms with Crippen molar-refractivity contribution < 1.29 is 19.1 Å². The number of aromatic nitrogens is 1. The minimum absolute atomic E-state index is 0.0698. The third-order valence-corrected chi connectivity index (χ3v) is 10.7. The number of aromatic amines is 1. The summed E-state index contributed by atoms with van der Waals surface area (Å²) in [5, 5.41) is 12.8. The Kier molecular flexibility index (Phi) is 10.1. The molecule has 10 heteroatoms. The van der Waals surface area contributed by atoms with Crippen molar-refractivity contribution in [2.75, 3.05) is 18.4 Å². The van der Waals surface area contributed by atoms with Gasteiger partial charge in [0.05, 0.1) is 0 Å². The minimum atomic E-state index is -1.25. The van der Waals surface area contributed by atoms with E-state index >= 15 is 0 Å². The highest BCUT2D eigenvalue weighted by molar-refractivity contribution is 5.92. The van der Waals surface area contributed by atoms with Crippen LogP contribution in [0.4, 0.5) is 15.3 Å². The second-order valence-electron chi connectivity index (χ2n) is 14.5. The summed E-state index contributed by atoms with van der Waals surface area (Å²) in [6.07, 6.45) is 9.76. The number of urea groups is 1. The van der Waals surface area contributed by atoms with E-state index in [4.69, 9.17) is 10.5 Å². The predicted molar refractivity (Wildman–Crippen MR) is 184 cm³/mol. The first-order valence-corrected chi connectivity index (χ1v) is 17.3. The van der Waals surface area contributed by atoms with Crippen molar-refractivity contribution in [2.24, 2.45) is 29.4 Å². The summed E-state index contributed by atoms with van der Waals surface area (Å²) in [4.78, 5) is 42.8. The van der Waals surface area contributed by atoms with Gasteiger partial charge >= 0.3 is 12.1 Å². The Balaban J connectivity index is 1.00. The van der Waals surface area contributed by atoms with Gasteiger partial charge in [0.25, 0.3) is 0 Å². The number of unbranched alkanes of at least 4 members (excludes halogenated alkanes) is 1. The Morgan fingerprint density at radius 1 is 0.957 bits per heavy atom. The van der Waals surface area contributed by atoms with Crippen LogP contribution in [0.2, 0.25) is 0 Å². The molecule has 3 aromatic rings. The molecule has 2 atom stereocenters. The molecule has 0 unspecified atom stereocenters. The topological polar surface area (TPSA) is 150 Å². The molecular weight excluding hydrogens is 592 g/mol. The van der Waals surface area contributed by atoms with E-state index in [1.165, 1.54) is 6.42 Å². The Morgan fingerprint density at radius 3 is 2.40 bits per heavy atom. The zero-order valence-electron chi connectivity index (χ0n) is 27.6. The molecule has 7 rings (SSSR count). The van der Waals surface area contributed by atoms with Gasteiger partial charge in [-0.1, -0.05) is 42.8 Å². The molecule has 4 saturated carbocycles. The highest BCUT2D eigenvalue weighted by Crippen LogP contribution is 2.54. The number of carbonyl (C=O) groups is 3. The van der Waals surface area contributed by atoms with Crippen LogP contribution in [0.5, 0.6) is 0 Å². The molecule has 1 heterocycles. The van der Waals surface area contributed by atoms with Crippen molar-refractivity contribution in [2.45, 2.75) is 89.3 Å². The number of ether oxygens (including phenoxy) is 1. The number of fused-ring (bicyclic) bond motifs is 1. The van der Waals surface area contributed by atoms with Crippen LogP contribution in [-0.2, 0) is 16.0 Å². The first kappa shape index (κ1) is 32.9. The maximum Gasteiger partial charge on any atom is 0.408 e. The van der Waals surface area contributed by atoms with Crippen molar-refractivity contribution in [1.29, 1.82) is 0 Å². The highest BCUT2D eigenvalue weighted by Gasteiger charge is 2.50. The van der Waals surface area contributed by atoms with Crippen LogP contribution >= 0.6 is 0 Å². The van der Waals surface area contributed by atoms with Crippen LogP contribution in [0.15, 0.2) is 54.7 Å². The summed E-state index contributed by atoms with van der Waals surface area (Å²) in [6, 6.07) is 15.1. The summed E-state index contributed by atoms with van der Waals surface area (Å²) < 4.78 is 6.14. The lowest BCUT2D eigenvalue weighted by Crippen LogP contribution is -2.60. The lowest BCUT2D eigenvalue weighted by atomic mass is 9.55. The molecule has 4 bridgehead atoms. The van der Waals surface area contributed by atoms with Gasteiger partial charge < -0.3 is 36.7 Å². The summed E-state index contributed by atoms with van der Waals surface area (Å²) in [6.45, 7) is 4.51. The number of amides is 4. The van der Waals surface area contributed by atoms with Gasteiger partial charge in [0.1, 0.15) is 11.6 Å². The van der Waals surface area contributed by atoms with Crippen molar-refractivity contribution in [3.05, 3.63) is 65.9 Å². The average molecular weight is 643 g/mol. The Bertz CT molecular complexity index is 1540. The van der Waals surface area contributed by atoms with Gasteiger partial charge in [-0.05, 0) is 106 Å². The van der Waals surface area contributed by atoms with Gasteiger partial charge in [-0.15, -0.1) is 0 Å². The van der Waals surface area contributed by atoms with Gasteiger partial charge in [-0.3, -0.25) is 4.79 Å². The van der Waals surface area contributed by atoms with Crippen LogP contribution in [0, 0.1) is 30.6 Å². The molecule has 7 N–H and O–H groups in total. The van der Waals surface area contributed by atoms with E-state index in [0.717, 1.165) is 78.1 Å². The van der Waals surface area contributed by atoms with E-state index in [2.05, 4.69) is 26.3 Å². The molecule has 4 aliphatic carbocycles. The second-order valence-corrected chi connectivity index (χ2v) is 14.5. The molecule has 4 fully saturated rings. The summed E-state index contributed by atoms with van der Waals surface area (Å²) in [5.74, 6) is 2.13.